The third-order valence-electron chi connectivity index (χ3n) is 2.44. The number of anilines is 2. The lowest BCUT2D eigenvalue weighted by Gasteiger charge is -2.10. The van der Waals surface area contributed by atoms with Gasteiger partial charge in [-0.05, 0) is 28.4 Å². The first-order valence-corrected chi connectivity index (χ1v) is 6.28. The quantitative estimate of drug-likeness (QED) is 0.656. The van der Waals surface area contributed by atoms with Crippen molar-refractivity contribution in [3.05, 3.63) is 34.8 Å². The minimum absolute atomic E-state index is 0.360. The fraction of sp³-hybridized carbons (Fsp3) is 0.273. The normalized spacial score (nSPS) is 10.6. The second-order valence-electron chi connectivity index (χ2n) is 3.80. The first kappa shape index (κ1) is 12.8. The molecule has 1 aromatic heterocycles. The van der Waals surface area contributed by atoms with E-state index in [9.17, 15) is 4.39 Å². The van der Waals surface area contributed by atoms with E-state index in [4.69, 9.17) is 5.73 Å². The zero-order valence-electron chi connectivity index (χ0n) is 9.61. The fourth-order valence-electron chi connectivity index (χ4n) is 1.53. The highest BCUT2D eigenvalue weighted by Gasteiger charge is 2.05. The van der Waals surface area contributed by atoms with Crippen molar-refractivity contribution < 1.29 is 4.39 Å². The van der Waals surface area contributed by atoms with Gasteiger partial charge in [0.05, 0.1) is 22.0 Å². The zero-order chi connectivity index (χ0) is 13.0. The molecule has 0 saturated heterocycles. The van der Waals surface area contributed by atoms with Crippen LogP contribution in [0.4, 0.5) is 15.8 Å². The Morgan fingerprint density at radius 3 is 3.00 bits per heavy atom. The number of nitrogens with two attached hydrogens (primary N) is 1. The van der Waals surface area contributed by atoms with Crippen molar-refractivity contribution in [2.45, 2.75) is 13.0 Å². The highest BCUT2D eigenvalue weighted by Crippen LogP contribution is 2.26. The molecule has 0 aliphatic rings. The van der Waals surface area contributed by atoms with Crippen molar-refractivity contribution in [2.75, 3.05) is 17.6 Å². The standard InChI is InChI=1S/C11H13BrFN5/c12-8-6-11(10(14)7-9(8)13)15-2-1-4-18-5-3-16-17-18/h3,5-7,15H,1-2,4,14H2. The zero-order valence-corrected chi connectivity index (χ0v) is 11.2. The highest BCUT2D eigenvalue weighted by molar-refractivity contribution is 9.10. The summed E-state index contributed by atoms with van der Waals surface area (Å²) in [5.41, 5.74) is 6.84. The van der Waals surface area contributed by atoms with Gasteiger partial charge in [-0.2, -0.15) is 0 Å². The van der Waals surface area contributed by atoms with Crippen LogP contribution in [0.25, 0.3) is 0 Å². The molecule has 0 radical (unpaired) electrons. The van der Waals surface area contributed by atoms with Crippen molar-refractivity contribution in [3.63, 3.8) is 0 Å². The van der Waals surface area contributed by atoms with Crippen LogP contribution in [-0.2, 0) is 6.54 Å². The van der Waals surface area contributed by atoms with E-state index in [0.717, 1.165) is 25.2 Å². The van der Waals surface area contributed by atoms with Crippen molar-refractivity contribution in [2.24, 2.45) is 0 Å². The first-order chi connectivity index (χ1) is 8.66. The van der Waals surface area contributed by atoms with Crippen molar-refractivity contribution in [1.82, 2.24) is 15.0 Å². The van der Waals surface area contributed by atoms with E-state index in [1.54, 1.807) is 16.9 Å². The highest BCUT2D eigenvalue weighted by atomic mass is 79.9. The Hall–Kier alpha value is -1.63. The Kier molecular flexibility index (Phi) is 4.14. The van der Waals surface area contributed by atoms with E-state index in [0.29, 0.717) is 10.2 Å². The lowest BCUT2D eigenvalue weighted by molar-refractivity contribution is 0.570. The van der Waals surface area contributed by atoms with Crippen LogP contribution >= 0.6 is 15.9 Å². The van der Waals surface area contributed by atoms with Gasteiger partial charge < -0.3 is 11.1 Å². The van der Waals surface area contributed by atoms with Crippen molar-refractivity contribution in [1.29, 1.82) is 0 Å². The van der Waals surface area contributed by atoms with Crippen LogP contribution in [0, 0.1) is 5.82 Å². The summed E-state index contributed by atoms with van der Waals surface area (Å²) in [6.45, 7) is 1.50. The molecule has 0 spiro atoms. The summed E-state index contributed by atoms with van der Waals surface area (Å²) >= 11 is 3.13. The van der Waals surface area contributed by atoms with Gasteiger partial charge in [-0.15, -0.1) is 5.10 Å². The Balaban J connectivity index is 1.85. The van der Waals surface area contributed by atoms with E-state index in [1.807, 2.05) is 6.20 Å². The molecule has 2 rings (SSSR count). The summed E-state index contributed by atoms with van der Waals surface area (Å²) < 4.78 is 15.3. The molecular formula is C11H13BrFN5. The molecule has 0 atom stereocenters. The van der Waals surface area contributed by atoms with Gasteiger partial charge in [0.25, 0.3) is 0 Å². The Bertz CT molecular complexity index is 514. The summed E-state index contributed by atoms with van der Waals surface area (Å²) in [6, 6.07) is 2.93. The molecular weight excluding hydrogens is 301 g/mol. The molecule has 0 unspecified atom stereocenters. The van der Waals surface area contributed by atoms with E-state index in [2.05, 4.69) is 31.6 Å². The van der Waals surface area contributed by atoms with Gasteiger partial charge in [0.2, 0.25) is 0 Å². The third kappa shape index (κ3) is 3.19. The molecule has 2 aromatic rings. The molecule has 1 heterocycles. The summed E-state index contributed by atoms with van der Waals surface area (Å²) in [6.07, 6.45) is 4.32. The molecule has 1 aromatic carbocycles. The van der Waals surface area contributed by atoms with Crippen LogP contribution in [0.15, 0.2) is 29.0 Å². The lowest BCUT2D eigenvalue weighted by atomic mass is 10.2. The van der Waals surface area contributed by atoms with Crippen LogP contribution in [0.3, 0.4) is 0 Å². The Morgan fingerprint density at radius 2 is 2.28 bits per heavy atom. The van der Waals surface area contributed by atoms with Crippen LogP contribution in [0.1, 0.15) is 6.42 Å². The third-order valence-corrected chi connectivity index (χ3v) is 3.05. The Morgan fingerprint density at radius 1 is 1.44 bits per heavy atom. The number of hydrogen-bond donors (Lipinski definition) is 2. The SMILES string of the molecule is Nc1cc(F)c(Br)cc1NCCCn1ccnn1. The van der Waals surface area contributed by atoms with Gasteiger partial charge in [0.1, 0.15) is 5.82 Å². The van der Waals surface area contributed by atoms with Gasteiger partial charge in [0.15, 0.2) is 0 Å². The van der Waals surface area contributed by atoms with Gasteiger partial charge in [0, 0.05) is 25.4 Å². The van der Waals surface area contributed by atoms with Gasteiger partial charge in [-0.3, -0.25) is 4.68 Å². The minimum Gasteiger partial charge on any atom is -0.397 e. The average Bonchev–Trinajstić information content (AvgIpc) is 2.84. The second-order valence-corrected chi connectivity index (χ2v) is 4.65. The molecule has 0 amide bonds. The number of aryl methyl sites for hydroxylation is 1. The molecule has 5 nitrogen and oxygen atoms in total. The van der Waals surface area contributed by atoms with E-state index < -0.39 is 0 Å². The summed E-state index contributed by atoms with van der Waals surface area (Å²) in [7, 11) is 0. The Labute approximate surface area is 112 Å². The molecule has 0 fully saturated rings. The number of benzene rings is 1. The number of nitrogens with zero attached hydrogens (tertiary/aromatic N) is 3. The topological polar surface area (TPSA) is 68.8 Å². The van der Waals surface area contributed by atoms with Crippen LogP contribution in [0.5, 0.6) is 0 Å². The van der Waals surface area contributed by atoms with Crippen LogP contribution < -0.4 is 11.1 Å². The van der Waals surface area contributed by atoms with Gasteiger partial charge in [-0.1, -0.05) is 5.21 Å². The average molecular weight is 314 g/mol. The number of halogens is 2. The molecule has 0 aliphatic carbocycles. The largest absolute Gasteiger partial charge is 0.397 e. The van der Waals surface area contributed by atoms with E-state index in [1.165, 1.54) is 6.07 Å². The smallest absolute Gasteiger partial charge is 0.139 e. The lowest BCUT2D eigenvalue weighted by Crippen LogP contribution is -2.08. The number of hydrogen-bond acceptors (Lipinski definition) is 4. The molecule has 3 N–H and O–H groups in total. The predicted molar refractivity (Wildman–Crippen MR) is 71.6 cm³/mol. The number of rotatable bonds is 5. The van der Waals surface area contributed by atoms with Gasteiger partial charge in [-0.25, -0.2) is 4.39 Å². The van der Waals surface area contributed by atoms with Gasteiger partial charge >= 0.3 is 0 Å². The second kappa shape index (κ2) is 5.81. The molecule has 0 bridgehead atoms. The maximum absolute atomic E-state index is 13.2. The fourth-order valence-corrected chi connectivity index (χ4v) is 1.87. The van der Waals surface area contributed by atoms with Crippen molar-refractivity contribution >= 4 is 27.3 Å². The monoisotopic (exact) mass is 313 g/mol. The van der Waals surface area contributed by atoms with Crippen molar-refractivity contribution in [3.8, 4) is 0 Å². The number of aromatic nitrogens is 3. The minimum atomic E-state index is -0.360. The molecule has 7 heteroatoms. The van der Waals surface area contributed by atoms with Crippen LogP contribution in [0.2, 0.25) is 0 Å². The predicted octanol–water partition coefficient (Wildman–Crippen LogP) is 2.26. The molecule has 0 saturated carbocycles. The summed E-state index contributed by atoms with van der Waals surface area (Å²) in [4.78, 5) is 0. The number of nitrogens with one attached hydrogen (secondary N) is 1. The maximum Gasteiger partial charge on any atom is 0.139 e. The summed E-state index contributed by atoms with van der Waals surface area (Å²) in [5.74, 6) is -0.360. The molecule has 96 valence electrons. The maximum atomic E-state index is 13.2. The van der Waals surface area contributed by atoms with Crippen LogP contribution in [-0.4, -0.2) is 21.5 Å². The van der Waals surface area contributed by atoms with E-state index in [-0.39, 0.29) is 5.82 Å². The number of nitrogen functional groups attached to an aromatic ring is 1. The summed E-state index contributed by atoms with van der Waals surface area (Å²) in [5, 5.41) is 10.7. The van der Waals surface area contributed by atoms with E-state index >= 15 is 0 Å². The first-order valence-electron chi connectivity index (χ1n) is 5.49. The molecule has 0 aliphatic heterocycles. The molecule has 18 heavy (non-hydrogen) atoms.